The average molecular weight is 500 g/mol. The van der Waals surface area contributed by atoms with Crippen molar-refractivity contribution in [3.8, 4) is 0 Å². The zero-order chi connectivity index (χ0) is 18.7. The lowest BCUT2D eigenvalue weighted by Crippen LogP contribution is -2.13. The molecule has 3 rings (SSSR count). The van der Waals surface area contributed by atoms with E-state index in [0.717, 1.165) is 20.5 Å². The van der Waals surface area contributed by atoms with E-state index in [1.165, 1.54) is 0 Å². The summed E-state index contributed by atoms with van der Waals surface area (Å²) in [5.41, 5.74) is 1.72. The van der Waals surface area contributed by atoms with Crippen molar-refractivity contribution in [1.29, 1.82) is 0 Å². The molecule has 1 amide bonds. The first-order valence-electron chi connectivity index (χ1n) is 7.34. The molecular formula is C16H13IN4O3S2. The number of benzene rings is 2. The Bertz CT molecular complexity index is 1050. The molecule has 0 bridgehead atoms. The lowest BCUT2D eigenvalue weighted by Gasteiger charge is -2.05. The number of aromatic nitrogens is 2. The highest BCUT2D eigenvalue weighted by Crippen LogP contribution is 2.23. The smallest absolute Gasteiger partial charge is 0.291 e. The minimum Gasteiger partial charge on any atom is -0.296 e. The van der Waals surface area contributed by atoms with E-state index in [1.807, 2.05) is 19.1 Å². The van der Waals surface area contributed by atoms with Crippen LogP contribution in [0.25, 0.3) is 0 Å². The average Bonchev–Trinajstić information content (AvgIpc) is 3.06. The van der Waals surface area contributed by atoms with E-state index < -0.39 is 10.0 Å². The van der Waals surface area contributed by atoms with Crippen molar-refractivity contribution in [3.63, 3.8) is 0 Å². The minimum absolute atomic E-state index is 0.112. The molecule has 0 aliphatic rings. The van der Waals surface area contributed by atoms with Crippen LogP contribution in [-0.4, -0.2) is 24.5 Å². The predicted octanol–water partition coefficient (Wildman–Crippen LogP) is 3.50. The fourth-order valence-electron chi connectivity index (χ4n) is 2.08. The van der Waals surface area contributed by atoms with Crippen LogP contribution in [0.15, 0.2) is 52.9 Å². The van der Waals surface area contributed by atoms with Gasteiger partial charge in [0.25, 0.3) is 20.3 Å². The van der Waals surface area contributed by atoms with E-state index in [0.29, 0.717) is 11.3 Å². The Balaban J connectivity index is 1.75. The quantitative estimate of drug-likeness (QED) is 0.413. The third-order valence-corrected chi connectivity index (χ3v) is 6.65. The number of anilines is 2. The maximum Gasteiger partial charge on any atom is 0.291 e. The topological polar surface area (TPSA) is 101 Å². The van der Waals surface area contributed by atoms with Gasteiger partial charge in [-0.05, 0) is 65.4 Å². The molecule has 0 saturated carbocycles. The van der Waals surface area contributed by atoms with Crippen LogP contribution in [0.5, 0.6) is 0 Å². The molecule has 3 aromatic rings. The predicted molar refractivity (Wildman–Crippen MR) is 109 cm³/mol. The van der Waals surface area contributed by atoms with E-state index in [2.05, 4.69) is 42.8 Å². The van der Waals surface area contributed by atoms with Crippen LogP contribution in [0.1, 0.15) is 15.9 Å². The summed E-state index contributed by atoms with van der Waals surface area (Å²) in [4.78, 5) is 12.3. The summed E-state index contributed by atoms with van der Waals surface area (Å²) in [5.74, 6) is -0.367. The van der Waals surface area contributed by atoms with E-state index in [4.69, 9.17) is 0 Å². The number of hydrogen-bond donors (Lipinski definition) is 2. The molecule has 0 aliphatic heterocycles. The molecule has 1 heterocycles. The van der Waals surface area contributed by atoms with Gasteiger partial charge in [-0.3, -0.25) is 14.8 Å². The Morgan fingerprint density at radius 1 is 1.08 bits per heavy atom. The Labute approximate surface area is 168 Å². The first-order chi connectivity index (χ1) is 12.3. The molecule has 0 unspecified atom stereocenters. The molecule has 0 spiro atoms. The number of sulfonamides is 1. The van der Waals surface area contributed by atoms with Crippen LogP contribution >= 0.6 is 33.9 Å². The van der Waals surface area contributed by atoms with E-state index in [1.54, 1.807) is 36.4 Å². The number of carbonyl (C=O) groups is 1. The molecule has 7 nitrogen and oxygen atoms in total. The first kappa shape index (κ1) is 18.7. The van der Waals surface area contributed by atoms with Gasteiger partial charge in [-0.25, -0.2) is 0 Å². The van der Waals surface area contributed by atoms with Gasteiger partial charge < -0.3 is 0 Å². The van der Waals surface area contributed by atoms with Crippen molar-refractivity contribution in [2.45, 2.75) is 11.3 Å². The van der Waals surface area contributed by atoms with Gasteiger partial charge in [0.15, 0.2) is 0 Å². The molecule has 2 aromatic carbocycles. The Morgan fingerprint density at radius 3 is 2.46 bits per heavy atom. The molecule has 0 saturated heterocycles. The van der Waals surface area contributed by atoms with E-state index in [9.17, 15) is 13.2 Å². The molecule has 1 aromatic heterocycles. The van der Waals surface area contributed by atoms with Crippen molar-refractivity contribution in [3.05, 3.63) is 63.2 Å². The summed E-state index contributed by atoms with van der Waals surface area (Å²) >= 11 is 2.91. The van der Waals surface area contributed by atoms with Crippen LogP contribution in [0.3, 0.4) is 0 Å². The molecule has 10 heteroatoms. The molecule has 2 N–H and O–H groups in total. The van der Waals surface area contributed by atoms with Gasteiger partial charge >= 0.3 is 0 Å². The molecule has 0 aliphatic carbocycles. The number of hydrogen-bond acceptors (Lipinski definition) is 6. The number of nitrogens with zero attached hydrogens (tertiary/aromatic N) is 2. The molecule has 134 valence electrons. The summed E-state index contributed by atoms with van der Waals surface area (Å²) in [6.07, 6.45) is 0. The van der Waals surface area contributed by atoms with Crippen molar-refractivity contribution >= 4 is 60.7 Å². The largest absolute Gasteiger partial charge is 0.296 e. The number of halogens is 1. The van der Waals surface area contributed by atoms with Gasteiger partial charge in [-0.15, -0.1) is 10.2 Å². The monoisotopic (exact) mass is 500 g/mol. The fourth-order valence-corrected chi connectivity index (χ4v) is 4.39. The number of rotatable bonds is 5. The summed E-state index contributed by atoms with van der Waals surface area (Å²) in [5, 5.41) is 10.1. The standard InChI is InChI=1S/C16H13IN4O3S2/c1-10-4-2-3-5-13(10)14(22)18-15-19-20-16(25-15)26(23,24)21-12-8-6-11(17)7-9-12/h2-9,21H,1H3,(H,18,19,22). The molecule has 0 fully saturated rings. The van der Waals surface area contributed by atoms with Crippen LogP contribution < -0.4 is 10.0 Å². The maximum absolute atomic E-state index is 12.4. The third kappa shape index (κ3) is 4.37. The van der Waals surface area contributed by atoms with Crippen LogP contribution in [0, 0.1) is 10.5 Å². The summed E-state index contributed by atoms with van der Waals surface area (Å²) in [6.45, 7) is 1.82. The van der Waals surface area contributed by atoms with Gasteiger partial charge in [-0.2, -0.15) is 8.42 Å². The summed E-state index contributed by atoms with van der Waals surface area (Å²) in [7, 11) is -3.87. The molecule has 0 atom stereocenters. The second kappa shape index (κ2) is 7.68. The number of carbonyl (C=O) groups excluding carboxylic acids is 1. The lowest BCUT2D eigenvalue weighted by atomic mass is 10.1. The van der Waals surface area contributed by atoms with Gasteiger partial charge in [0.2, 0.25) is 5.13 Å². The van der Waals surface area contributed by atoms with Crippen molar-refractivity contribution in [1.82, 2.24) is 10.2 Å². The highest BCUT2D eigenvalue weighted by atomic mass is 127. The van der Waals surface area contributed by atoms with E-state index in [-0.39, 0.29) is 15.4 Å². The third-order valence-electron chi connectivity index (χ3n) is 3.34. The Hall–Kier alpha value is -2.05. The Kier molecular flexibility index (Phi) is 5.53. The summed E-state index contributed by atoms with van der Waals surface area (Å²) < 4.78 is 28.0. The Morgan fingerprint density at radius 2 is 1.77 bits per heavy atom. The number of nitrogens with one attached hydrogen (secondary N) is 2. The van der Waals surface area contributed by atoms with Crippen molar-refractivity contribution < 1.29 is 13.2 Å². The molecule has 0 radical (unpaired) electrons. The number of amides is 1. The van der Waals surface area contributed by atoms with Gasteiger partial charge in [0.05, 0.1) is 0 Å². The van der Waals surface area contributed by atoms with E-state index >= 15 is 0 Å². The van der Waals surface area contributed by atoms with Gasteiger partial charge in [0.1, 0.15) is 0 Å². The zero-order valence-corrected chi connectivity index (χ0v) is 17.2. The van der Waals surface area contributed by atoms with Crippen LogP contribution in [-0.2, 0) is 10.0 Å². The van der Waals surface area contributed by atoms with Gasteiger partial charge in [-0.1, -0.05) is 29.5 Å². The van der Waals surface area contributed by atoms with Crippen LogP contribution in [0.2, 0.25) is 0 Å². The van der Waals surface area contributed by atoms with Crippen molar-refractivity contribution in [2.24, 2.45) is 0 Å². The number of aryl methyl sites for hydroxylation is 1. The second-order valence-electron chi connectivity index (χ2n) is 5.25. The summed E-state index contributed by atoms with van der Waals surface area (Å²) in [6, 6.07) is 14.0. The minimum atomic E-state index is -3.87. The highest BCUT2D eigenvalue weighted by Gasteiger charge is 2.21. The van der Waals surface area contributed by atoms with Crippen LogP contribution in [0.4, 0.5) is 10.8 Å². The first-order valence-corrected chi connectivity index (χ1v) is 10.7. The van der Waals surface area contributed by atoms with Gasteiger partial charge in [0, 0.05) is 14.8 Å². The van der Waals surface area contributed by atoms with Crippen molar-refractivity contribution in [2.75, 3.05) is 10.0 Å². The molecule has 26 heavy (non-hydrogen) atoms. The SMILES string of the molecule is Cc1ccccc1C(=O)Nc1nnc(S(=O)(=O)Nc2ccc(I)cc2)s1. The lowest BCUT2D eigenvalue weighted by molar-refractivity contribution is 0.102. The highest BCUT2D eigenvalue weighted by molar-refractivity contribution is 14.1. The fraction of sp³-hybridized carbons (Fsp3) is 0.0625. The molecular weight excluding hydrogens is 487 g/mol. The maximum atomic E-state index is 12.4. The zero-order valence-electron chi connectivity index (χ0n) is 13.4. The normalized spacial score (nSPS) is 11.2. The second-order valence-corrected chi connectivity index (χ2v) is 9.33.